The molecule has 2 unspecified atom stereocenters. The number of fused-ring (bicyclic) bond motifs is 1. The molecule has 2 atom stereocenters. The first-order valence-corrected chi connectivity index (χ1v) is 4.42. The average Bonchev–Trinajstić information content (AvgIpc) is 2.17. The lowest BCUT2D eigenvalue weighted by atomic mass is 10.1. The van der Waals surface area contributed by atoms with Crippen LogP contribution in [0.1, 0.15) is 33.6 Å². The first-order valence-electron chi connectivity index (χ1n) is 4.42. The molecule has 0 N–H and O–H groups in total. The standard InChI is InChI=1S/C9H16O2/c1-6-4-7-8(5-6)11-9(2,3)10-7/h6-8H,4-5H2,1-3H3. The number of hydrogen-bond acceptors (Lipinski definition) is 2. The molecule has 2 fully saturated rings. The molecule has 0 bridgehead atoms. The van der Waals surface area contributed by atoms with Gasteiger partial charge >= 0.3 is 0 Å². The van der Waals surface area contributed by atoms with Crippen molar-refractivity contribution in [2.75, 3.05) is 0 Å². The van der Waals surface area contributed by atoms with Gasteiger partial charge in [0.05, 0.1) is 12.2 Å². The van der Waals surface area contributed by atoms with Crippen LogP contribution in [0.3, 0.4) is 0 Å². The quantitative estimate of drug-likeness (QED) is 0.533. The van der Waals surface area contributed by atoms with Gasteiger partial charge in [-0.2, -0.15) is 0 Å². The molecule has 2 nitrogen and oxygen atoms in total. The van der Waals surface area contributed by atoms with Crippen molar-refractivity contribution >= 4 is 0 Å². The van der Waals surface area contributed by atoms with E-state index >= 15 is 0 Å². The molecular weight excluding hydrogens is 140 g/mol. The SMILES string of the molecule is CC1CC2OC(C)(C)OC2C1. The molecule has 0 spiro atoms. The van der Waals surface area contributed by atoms with Gasteiger partial charge in [0, 0.05) is 0 Å². The summed E-state index contributed by atoms with van der Waals surface area (Å²) in [7, 11) is 0. The highest BCUT2D eigenvalue weighted by molar-refractivity contribution is 4.89. The van der Waals surface area contributed by atoms with Crippen molar-refractivity contribution in [3.05, 3.63) is 0 Å². The highest BCUT2D eigenvalue weighted by Crippen LogP contribution is 2.40. The van der Waals surface area contributed by atoms with Crippen LogP contribution in [0.2, 0.25) is 0 Å². The fourth-order valence-electron chi connectivity index (χ4n) is 2.20. The minimum Gasteiger partial charge on any atom is -0.345 e. The Kier molecular flexibility index (Phi) is 1.52. The zero-order valence-electron chi connectivity index (χ0n) is 7.46. The Hall–Kier alpha value is -0.0800. The monoisotopic (exact) mass is 156 g/mol. The summed E-state index contributed by atoms with van der Waals surface area (Å²) in [6.07, 6.45) is 3.10. The summed E-state index contributed by atoms with van der Waals surface area (Å²) in [6.45, 7) is 6.25. The van der Waals surface area contributed by atoms with Gasteiger partial charge in [-0.1, -0.05) is 6.92 Å². The van der Waals surface area contributed by atoms with Crippen molar-refractivity contribution in [1.29, 1.82) is 0 Å². The summed E-state index contributed by atoms with van der Waals surface area (Å²) in [6, 6.07) is 0. The molecule has 2 rings (SSSR count). The molecule has 2 aliphatic rings. The zero-order chi connectivity index (χ0) is 8.06. The van der Waals surface area contributed by atoms with Crippen LogP contribution in [0.5, 0.6) is 0 Å². The minimum absolute atomic E-state index is 0.324. The van der Waals surface area contributed by atoms with Crippen LogP contribution in [0, 0.1) is 5.92 Å². The lowest BCUT2D eigenvalue weighted by Gasteiger charge is -2.19. The van der Waals surface area contributed by atoms with Crippen molar-refractivity contribution in [1.82, 2.24) is 0 Å². The third-order valence-electron chi connectivity index (χ3n) is 2.55. The van der Waals surface area contributed by atoms with E-state index in [4.69, 9.17) is 9.47 Å². The molecule has 0 aromatic rings. The molecule has 1 aliphatic heterocycles. The first-order chi connectivity index (χ1) is 5.07. The van der Waals surface area contributed by atoms with Gasteiger partial charge < -0.3 is 9.47 Å². The zero-order valence-corrected chi connectivity index (χ0v) is 7.46. The van der Waals surface area contributed by atoms with E-state index in [1.54, 1.807) is 0 Å². The maximum atomic E-state index is 5.72. The van der Waals surface area contributed by atoms with Crippen LogP contribution < -0.4 is 0 Å². The Morgan fingerprint density at radius 3 is 2.00 bits per heavy atom. The van der Waals surface area contributed by atoms with E-state index < -0.39 is 0 Å². The molecule has 0 aromatic carbocycles. The fraction of sp³-hybridized carbons (Fsp3) is 1.00. The summed E-state index contributed by atoms with van der Waals surface area (Å²) >= 11 is 0. The van der Waals surface area contributed by atoms with Crippen LogP contribution in [-0.4, -0.2) is 18.0 Å². The van der Waals surface area contributed by atoms with E-state index in [9.17, 15) is 0 Å². The molecule has 0 radical (unpaired) electrons. The first kappa shape index (κ1) is 7.56. The van der Waals surface area contributed by atoms with Gasteiger partial charge in [0.1, 0.15) is 0 Å². The smallest absolute Gasteiger partial charge is 0.163 e. The maximum Gasteiger partial charge on any atom is 0.163 e. The number of ether oxygens (including phenoxy) is 2. The lowest BCUT2D eigenvalue weighted by molar-refractivity contribution is -0.153. The molecule has 1 heterocycles. The molecule has 64 valence electrons. The minimum atomic E-state index is -0.324. The Balaban J connectivity index is 2.04. The molecule has 2 heteroatoms. The number of rotatable bonds is 0. The molecular formula is C9H16O2. The maximum absolute atomic E-state index is 5.72. The van der Waals surface area contributed by atoms with E-state index in [0.717, 1.165) is 5.92 Å². The average molecular weight is 156 g/mol. The van der Waals surface area contributed by atoms with Gasteiger partial charge in [-0.3, -0.25) is 0 Å². The van der Waals surface area contributed by atoms with Crippen molar-refractivity contribution in [3.8, 4) is 0 Å². The Morgan fingerprint density at radius 2 is 1.55 bits per heavy atom. The van der Waals surface area contributed by atoms with Crippen LogP contribution in [0.25, 0.3) is 0 Å². The molecule has 0 aromatic heterocycles. The van der Waals surface area contributed by atoms with E-state index in [1.807, 2.05) is 13.8 Å². The highest BCUT2D eigenvalue weighted by Gasteiger charge is 2.45. The number of hydrogen-bond donors (Lipinski definition) is 0. The fourth-order valence-corrected chi connectivity index (χ4v) is 2.20. The summed E-state index contributed by atoms with van der Waals surface area (Å²) in [4.78, 5) is 0. The molecule has 1 aliphatic carbocycles. The van der Waals surface area contributed by atoms with Gasteiger partial charge in [-0.25, -0.2) is 0 Å². The second-order valence-electron chi connectivity index (χ2n) is 4.29. The third kappa shape index (κ3) is 1.30. The highest BCUT2D eigenvalue weighted by atomic mass is 16.8. The second kappa shape index (κ2) is 2.20. The van der Waals surface area contributed by atoms with Crippen molar-refractivity contribution in [2.24, 2.45) is 5.92 Å². The topological polar surface area (TPSA) is 18.5 Å². The molecule has 0 amide bonds. The van der Waals surface area contributed by atoms with Crippen LogP contribution >= 0.6 is 0 Å². The summed E-state index contributed by atoms with van der Waals surface area (Å²) in [5.41, 5.74) is 0. The van der Waals surface area contributed by atoms with Gasteiger partial charge in [-0.05, 0) is 32.6 Å². The van der Waals surface area contributed by atoms with E-state index in [0.29, 0.717) is 12.2 Å². The van der Waals surface area contributed by atoms with Gasteiger partial charge in [-0.15, -0.1) is 0 Å². The second-order valence-corrected chi connectivity index (χ2v) is 4.29. The predicted octanol–water partition coefficient (Wildman–Crippen LogP) is 1.94. The van der Waals surface area contributed by atoms with Crippen LogP contribution in [0.4, 0.5) is 0 Å². The Labute approximate surface area is 67.9 Å². The van der Waals surface area contributed by atoms with Gasteiger partial charge in [0.2, 0.25) is 0 Å². The van der Waals surface area contributed by atoms with E-state index in [1.165, 1.54) is 12.8 Å². The molecule has 11 heavy (non-hydrogen) atoms. The summed E-state index contributed by atoms with van der Waals surface area (Å²) in [5, 5.41) is 0. The molecule has 1 saturated heterocycles. The van der Waals surface area contributed by atoms with Crippen molar-refractivity contribution < 1.29 is 9.47 Å². The van der Waals surface area contributed by atoms with Crippen LogP contribution in [-0.2, 0) is 9.47 Å². The van der Waals surface area contributed by atoms with Crippen molar-refractivity contribution in [2.45, 2.75) is 51.6 Å². The lowest BCUT2D eigenvalue weighted by Crippen LogP contribution is -2.22. The Morgan fingerprint density at radius 1 is 1.09 bits per heavy atom. The van der Waals surface area contributed by atoms with Crippen molar-refractivity contribution in [3.63, 3.8) is 0 Å². The summed E-state index contributed by atoms with van der Waals surface area (Å²) < 4.78 is 11.4. The largest absolute Gasteiger partial charge is 0.345 e. The van der Waals surface area contributed by atoms with Crippen LogP contribution in [0.15, 0.2) is 0 Å². The van der Waals surface area contributed by atoms with E-state index in [-0.39, 0.29) is 5.79 Å². The molecule has 1 saturated carbocycles. The Bertz CT molecular complexity index is 149. The summed E-state index contributed by atoms with van der Waals surface area (Å²) in [5.74, 6) is 0.455. The van der Waals surface area contributed by atoms with E-state index in [2.05, 4.69) is 6.92 Å². The van der Waals surface area contributed by atoms with Gasteiger partial charge in [0.25, 0.3) is 0 Å². The van der Waals surface area contributed by atoms with Gasteiger partial charge in [0.15, 0.2) is 5.79 Å². The third-order valence-corrected chi connectivity index (χ3v) is 2.55. The predicted molar refractivity (Wildman–Crippen MR) is 42.2 cm³/mol. The normalized spacial score (nSPS) is 47.7.